The van der Waals surface area contributed by atoms with Crippen LogP contribution in [0.25, 0.3) is 16.8 Å². The zero-order valence-corrected chi connectivity index (χ0v) is 14.9. The number of fused-ring (bicyclic) bond motifs is 3. The summed E-state index contributed by atoms with van der Waals surface area (Å²) in [6.45, 7) is 2.08. The lowest BCUT2D eigenvalue weighted by Crippen LogP contribution is -2.10. The molecule has 8 heteroatoms. The summed E-state index contributed by atoms with van der Waals surface area (Å²) < 4.78 is 28.3. The van der Waals surface area contributed by atoms with Crippen molar-refractivity contribution in [2.45, 2.75) is 29.6 Å². The molecule has 0 atom stereocenters. The molecule has 0 saturated carbocycles. The summed E-state index contributed by atoms with van der Waals surface area (Å²) in [5, 5.41) is 0. The number of hydrogen-bond donors (Lipinski definition) is 1. The number of aryl methyl sites for hydroxylation is 1. The number of nitrogen functional groups attached to an aromatic ring is 1. The number of nitrogens with zero attached hydrogens (tertiary/aromatic N) is 4. The van der Waals surface area contributed by atoms with Gasteiger partial charge in [0.2, 0.25) is 9.84 Å². The molecule has 2 N–H and O–H groups in total. The Hall–Kier alpha value is -3.00. The predicted octanol–water partition coefficient (Wildman–Crippen LogP) is 2.65. The van der Waals surface area contributed by atoms with Crippen molar-refractivity contribution in [3.63, 3.8) is 0 Å². The van der Waals surface area contributed by atoms with E-state index < -0.39 is 9.84 Å². The van der Waals surface area contributed by atoms with Crippen molar-refractivity contribution in [2.75, 3.05) is 5.73 Å². The topological polar surface area (TPSA) is 103 Å². The van der Waals surface area contributed by atoms with Gasteiger partial charge in [-0.2, -0.15) is 0 Å². The number of benzene rings is 1. The Labute approximate surface area is 150 Å². The maximum Gasteiger partial charge on any atom is 0.211 e. The Balaban J connectivity index is 2.01. The molecule has 0 radical (unpaired) electrons. The average Bonchev–Trinajstić information content (AvgIpc) is 3.13. The third-order valence-electron chi connectivity index (χ3n) is 4.29. The molecule has 0 aliphatic heterocycles. The fraction of sp³-hybridized carbons (Fsp3) is 0.167. The minimum Gasteiger partial charge on any atom is -0.395 e. The summed E-state index contributed by atoms with van der Waals surface area (Å²) in [6, 6.07) is 6.87. The van der Waals surface area contributed by atoms with Crippen molar-refractivity contribution in [3.8, 4) is 0 Å². The van der Waals surface area contributed by atoms with Crippen molar-refractivity contribution in [1.82, 2.24) is 19.4 Å². The van der Waals surface area contributed by atoms with E-state index in [1.807, 2.05) is 12.1 Å². The second kappa shape index (κ2) is 6.06. The highest BCUT2D eigenvalue weighted by Gasteiger charge is 2.27. The van der Waals surface area contributed by atoms with E-state index in [4.69, 9.17) is 5.73 Å². The van der Waals surface area contributed by atoms with Crippen LogP contribution < -0.4 is 5.73 Å². The summed E-state index contributed by atoms with van der Waals surface area (Å²) in [4.78, 5) is 12.8. The van der Waals surface area contributed by atoms with Crippen LogP contribution in [-0.4, -0.2) is 27.8 Å². The standard InChI is InChI=1S/C18H17N5O2S/c1-2-3-12-4-6-13(7-5-12)26(24,25)16-14(19)17-22-10-11-23(17)18-15(16)20-8-9-21-18/h4-11H,2-3,19H2,1H3. The number of aromatic nitrogens is 4. The van der Waals surface area contributed by atoms with Gasteiger partial charge in [-0.15, -0.1) is 0 Å². The molecular formula is C18H17N5O2S. The SMILES string of the molecule is CCCc1ccc(S(=O)(=O)c2c(N)c3nccn3c3nccnc23)cc1. The summed E-state index contributed by atoms with van der Waals surface area (Å²) in [5.74, 6) is 0. The van der Waals surface area contributed by atoms with E-state index in [9.17, 15) is 8.42 Å². The first-order valence-corrected chi connectivity index (χ1v) is 9.71. The predicted molar refractivity (Wildman–Crippen MR) is 98.6 cm³/mol. The first-order chi connectivity index (χ1) is 12.5. The van der Waals surface area contributed by atoms with Crippen LogP contribution in [0.1, 0.15) is 18.9 Å². The number of pyridine rings is 1. The molecule has 4 rings (SSSR count). The van der Waals surface area contributed by atoms with Crippen LogP contribution in [0.2, 0.25) is 0 Å². The first kappa shape index (κ1) is 16.5. The van der Waals surface area contributed by atoms with E-state index in [1.54, 1.807) is 28.9 Å². The van der Waals surface area contributed by atoms with Crippen molar-refractivity contribution >= 4 is 32.3 Å². The normalized spacial score (nSPS) is 12.0. The van der Waals surface area contributed by atoms with Crippen LogP contribution in [0.4, 0.5) is 5.69 Å². The van der Waals surface area contributed by atoms with Crippen LogP contribution in [0, 0.1) is 0 Å². The van der Waals surface area contributed by atoms with Gasteiger partial charge in [-0.05, 0) is 24.1 Å². The fourth-order valence-electron chi connectivity index (χ4n) is 3.08. The molecule has 1 aromatic carbocycles. The molecule has 0 amide bonds. The molecule has 132 valence electrons. The van der Waals surface area contributed by atoms with Crippen molar-refractivity contribution < 1.29 is 8.42 Å². The number of imidazole rings is 1. The van der Waals surface area contributed by atoms with Crippen molar-refractivity contribution in [3.05, 3.63) is 54.6 Å². The Morgan fingerprint density at radius 3 is 2.42 bits per heavy atom. The molecule has 26 heavy (non-hydrogen) atoms. The van der Waals surface area contributed by atoms with Crippen LogP contribution in [-0.2, 0) is 16.3 Å². The zero-order chi connectivity index (χ0) is 18.3. The van der Waals surface area contributed by atoms with Gasteiger partial charge in [0, 0.05) is 24.8 Å². The van der Waals surface area contributed by atoms with Crippen molar-refractivity contribution in [1.29, 1.82) is 0 Å². The van der Waals surface area contributed by atoms with E-state index in [0.29, 0.717) is 11.3 Å². The van der Waals surface area contributed by atoms with E-state index in [1.165, 1.54) is 12.4 Å². The van der Waals surface area contributed by atoms with Crippen LogP contribution in [0.3, 0.4) is 0 Å². The number of sulfone groups is 1. The van der Waals surface area contributed by atoms with Gasteiger partial charge in [-0.3, -0.25) is 4.40 Å². The molecule has 0 fully saturated rings. The minimum atomic E-state index is -3.88. The molecular weight excluding hydrogens is 350 g/mol. The minimum absolute atomic E-state index is 0.0532. The quantitative estimate of drug-likeness (QED) is 0.595. The van der Waals surface area contributed by atoms with Gasteiger partial charge in [0.25, 0.3) is 0 Å². The van der Waals surface area contributed by atoms with Gasteiger partial charge >= 0.3 is 0 Å². The molecule has 0 aliphatic carbocycles. The third kappa shape index (κ3) is 2.41. The van der Waals surface area contributed by atoms with E-state index >= 15 is 0 Å². The van der Waals surface area contributed by atoms with E-state index in [-0.39, 0.29) is 21.0 Å². The highest BCUT2D eigenvalue weighted by atomic mass is 32.2. The van der Waals surface area contributed by atoms with Crippen molar-refractivity contribution in [2.24, 2.45) is 0 Å². The maximum atomic E-state index is 13.3. The highest BCUT2D eigenvalue weighted by Crippen LogP contribution is 2.33. The Morgan fingerprint density at radius 2 is 1.69 bits per heavy atom. The lowest BCUT2D eigenvalue weighted by atomic mass is 10.1. The Bertz CT molecular complexity index is 1210. The summed E-state index contributed by atoms with van der Waals surface area (Å²) in [6.07, 6.45) is 8.09. The molecule has 3 aromatic heterocycles. The number of nitrogens with two attached hydrogens (primary N) is 1. The molecule has 0 unspecified atom stereocenters. The Kier molecular flexibility index (Phi) is 3.84. The molecule has 7 nitrogen and oxygen atoms in total. The van der Waals surface area contributed by atoms with E-state index in [2.05, 4.69) is 21.9 Å². The molecule has 0 spiro atoms. The van der Waals surface area contributed by atoms with Crippen LogP contribution in [0.15, 0.2) is 58.8 Å². The second-order valence-corrected chi connectivity index (χ2v) is 7.88. The monoisotopic (exact) mass is 367 g/mol. The zero-order valence-electron chi connectivity index (χ0n) is 14.1. The van der Waals surface area contributed by atoms with Gasteiger partial charge < -0.3 is 5.73 Å². The lowest BCUT2D eigenvalue weighted by Gasteiger charge is -2.12. The third-order valence-corrected chi connectivity index (χ3v) is 6.13. The van der Waals surface area contributed by atoms with Crippen LogP contribution >= 0.6 is 0 Å². The summed E-state index contributed by atoms with van der Waals surface area (Å²) in [5.41, 5.74) is 8.34. The van der Waals surface area contributed by atoms with Gasteiger partial charge in [-0.1, -0.05) is 25.5 Å². The van der Waals surface area contributed by atoms with Crippen LogP contribution in [0.5, 0.6) is 0 Å². The molecule has 0 saturated heterocycles. The molecule has 4 aromatic rings. The number of hydrogen-bond acceptors (Lipinski definition) is 6. The van der Waals surface area contributed by atoms with Gasteiger partial charge in [-0.25, -0.2) is 23.4 Å². The first-order valence-electron chi connectivity index (χ1n) is 8.23. The average molecular weight is 367 g/mol. The number of rotatable bonds is 4. The largest absolute Gasteiger partial charge is 0.395 e. The molecule has 3 heterocycles. The smallest absolute Gasteiger partial charge is 0.211 e. The van der Waals surface area contributed by atoms with E-state index in [0.717, 1.165) is 18.4 Å². The van der Waals surface area contributed by atoms with Gasteiger partial charge in [0.15, 0.2) is 11.3 Å². The summed E-state index contributed by atoms with van der Waals surface area (Å²) in [7, 11) is -3.88. The van der Waals surface area contributed by atoms with Gasteiger partial charge in [0.05, 0.1) is 10.6 Å². The van der Waals surface area contributed by atoms with Gasteiger partial charge in [0.1, 0.15) is 10.4 Å². The summed E-state index contributed by atoms with van der Waals surface area (Å²) >= 11 is 0. The highest BCUT2D eigenvalue weighted by molar-refractivity contribution is 7.92. The molecule has 0 aliphatic rings. The lowest BCUT2D eigenvalue weighted by molar-refractivity contribution is 0.597. The second-order valence-electron chi connectivity index (χ2n) is 5.99. The fourth-order valence-corrected chi connectivity index (χ4v) is 4.59. The molecule has 0 bridgehead atoms. The number of anilines is 1. The Morgan fingerprint density at radius 1 is 1.00 bits per heavy atom. The maximum absolute atomic E-state index is 13.3.